The van der Waals surface area contributed by atoms with Crippen LogP contribution in [0, 0.1) is 6.92 Å². The molecule has 0 aliphatic heterocycles. The van der Waals surface area contributed by atoms with Gasteiger partial charge in [0.25, 0.3) is 11.8 Å². The monoisotopic (exact) mass is 421 g/mol. The first-order valence-corrected chi connectivity index (χ1v) is 11.0. The second-order valence-electron chi connectivity index (χ2n) is 7.98. The van der Waals surface area contributed by atoms with E-state index in [0.29, 0.717) is 18.0 Å². The van der Waals surface area contributed by atoms with Crippen LogP contribution in [-0.2, 0) is 4.79 Å². The van der Waals surface area contributed by atoms with Gasteiger partial charge in [0.2, 0.25) is 0 Å². The van der Waals surface area contributed by atoms with E-state index in [4.69, 9.17) is 0 Å². The van der Waals surface area contributed by atoms with Gasteiger partial charge >= 0.3 is 0 Å². The SMILES string of the molecule is CCN(CC)CCNC(=O)/C(=C\c1ccc(C(C)C)cc1)NC(=O)c1ccc(C)cc1. The molecular weight excluding hydrogens is 386 g/mol. The fourth-order valence-electron chi connectivity index (χ4n) is 3.16. The van der Waals surface area contributed by atoms with Gasteiger partial charge in [-0.3, -0.25) is 9.59 Å². The lowest BCUT2D eigenvalue weighted by Crippen LogP contribution is -2.39. The molecule has 0 unspecified atom stereocenters. The van der Waals surface area contributed by atoms with E-state index in [-0.39, 0.29) is 17.5 Å². The molecule has 2 amide bonds. The van der Waals surface area contributed by atoms with Crippen molar-refractivity contribution in [2.24, 2.45) is 0 Å². The van der Waals surface area contributed by atoms with E-state index in [0.717, 1.165) is 30.8 Å². The molecule has 166 valence electrons. The van der Waals surface area contributed by atoms with Gasteiger partial charge in [-0.25, -0.2) is 0 Å². The van der Waals surface area contributed by atoms with Crippen LogP contribution < -0.4 is 10.6 Å². The molecule has 0 heterocycles. The third-order valence-corrected chi connectivity index (χ3v) is 5.33. The van der Waals surface area contributed by atoms with Crippen LogP contribution in [-0.4, -0.2) is 42.9 Å². The molecule has 0 saturated carbocycles. The molecule has 0 fully saturated rings. The average molecular weight is 422 g/mol. The predicted molar refractivity (Wildman–Crippen MR) is 128 cm³/mol. The van der Waals surface area contributed by atoms with Crippen LogP contribution in [0.4, 0.5) is 0 Å². The van der Waals surface area contributed by atoms with Crippen molar-refractivity contribution in [1.29, 1.82) is 0 Å². The van der Waals surface area contributed by atoms with E-state index in [1.165, 1.54) is 5.56 Å². The van der Waals surface area contributed by atoms with Gasteiger partial charge in [0.05, 0.1) is 0 Å². The largest absolute Gasteiger partial charge is 0.349 e. The van der Waals surface area contributed by atoms with Crippen molar-refractivity contribution >= 4 is 17.9 Å². The highest BCUT2D eigenvalue weighted by atomic mass is 16.2. The van der Waals surface area contributed by atoms with Crippen molar-refractivity contribution in [3.05, 3.63) is 76.5 Å². The van der Waals surface area contributed by atoms with Gasteiger partial charge in [-0.2, -0.15) is 0 Å². The smallest absolute Gasteiger partial charge is 0.267 e. The minimum Gasteiger partial charge on any atom is -0.349 e. The zero-order valence-corrected chi connectivity index (χ0v) is 19.4. The van der Waals surface area contributed by atoms with Crippen LogP contribution in [0.1, 0.15) is 60.7 Å². The quantitative estimate of drug-likeness (QED) is 0.561. The molecular formula is C26H35N3O2. The van der Waals surface area contributed by atoms with Crippen molar-refractivity contribution in [1.82, 2.24) is 15.5 Å². The first-order valence-electron chi connectivity index (χ1n) is 11.0. The van der Waals surface area contributed by atoms with Crippen molar-refractivity contribution in [2.45, 2.75) is 40.5 Å². The number of carbonyl (C=O) groups is 2. The number of nitrogens with one attached hydrogen (secondary N) is 2. The fraction of sp³-hybridized carbons (Fsp3) is 0.385. The molecule has 0 spiro atoms. The van der Waals surface area contributed by atoms with Gasteiger partial charge in [-0.15, -0.1) is 0 Å². The number of benzene rings is 2. The molecule has 2 N–H and O–H groups in total. The number of carbonyl (C=O) groups excluding carboxylic acids is 2. The second-order valence-corrected chi connectivity index (χ2v) is 7.98. The van der Waals surface area contributed by atoms with E-state index >= 15 is 0 Å². The number of amides is 2. The first kappa shape index (κ1) is 24.4. The van der Waals surface area contributed by atoms with Gasteiger partial charge in [-0.1, -0.05) is 69.7 Å². The topological polar surface area (TPSA) is 61.4 Å². The maximum atomic E-state index is 12.9. The zero-order chi connectivity index (χ0) is 22.8. The van der Waals surface area contributed by atoms with Crippen LogP contribution >= 0.6 is 0 Å². The molecule has 0 saturated heterocycles. The van der Waals surface area contributed by atoms with Gasteiger partial charge in [-0.05, 0) is 55.3 Å². The Morgan fingerprint density at radius 1 is 0.968 bits per heavy atom. The fourth-order valence-corrected chi connectivity index (χ4v) is 3.16. The van der Waals surface area contributed by atoms with E-state index in [1.807, 2.05) is 43.3 Å². The Bertz CT molecular complexity index is 880. The number of aryl methyl sites for hydroxylation is 1. The van der Waals surface area contributed by atoms with Gasteiger partial charge in [0.1, 0.15) is 5.70 Å². The number of likely N-dealkylation sites (N-methyl/N-ethyl adjacent to an activating group) is 1. The molecule has 0 aliphatic rings. The number of hydrogen-bond donors (Lipinski definition) is 2. The van der Waals surface area contributed by atoms with Gasteiger partial charge < -0.3 is 15.5 Å². The molecule has 0 radical (unpaired) electrons. The highest BCUT2D eigenvalue weighted by Crippen LogP contribution is 2.16. The molecule has 5 nitrogen and oxygen atoms in total. The van der Waals surface area contributed by atoms with E-state index in [2.05, 4.69) is 43.2 Å². The second kappa shape index (κ2) is 12.1. The lowest BCUT2D eigenvalue weighted by atomic mass is 10.0. The zero-order valence-electron chi connectivity index (χ0n) is 19.4. The molecule has 5 heteroatoms. The molecule has 0 atom stereocenters. The highest BCUT2D eigenvalue weighted by molar-refractivity contribution is 6.05. The lowest BCUT2D eigenvalue weighted by molar-refractivity contribution is -0.117. The van der Waals surface area contributed by atoms with Gasteiger partial charge in [0, 0.05) is 18.7 Å². The van der Waals surface area contributed by atoms with Crippen molar-refractivity contribution in [2.75, 3.05) is 26.2 Å². The van der Waals surface area contributed by atoms with Crippen molar-refractivity contribution in [3.63, 3.8) is 0 Å². The maximum Gasteiger partial charge on any atom is 0.267 e. The molecule has 0 bridgehead atoms. The van der Waals surface area contributed by atoms with E-state index in [1.54, 1.807) is 18.2 Å². The van der Waals surface area contributed by atoms with Crippen LogP contribution in [0.3, 0.4) is 0 Å². The minimum absolute atomic E-state index is 0.238. The molecule has 2 aromatic carbocycles. The van der Waals surface area contributed by atoms with Crippen molar-refractivity contribution < 1.29 is 9.59 Å². The summed E-state index contributed by atoms with van der Waals surface area (Å²) in [4.78, 5) is 27.9. The molecule has 0 aromatic heterocycles. The molecule has 31 heavy (non-hydrogen) atoms. The first-order chi connectivity index (χ1) is 14.8. The molecule has 2 aromatic rings. The maximum absolute atomic E-state index is 12.9. The lowest BCUT2D eigenvalue weighted by Gasteiger charge is -2.18. The Kier molecular flexibility index (Phi) is 9.47. The number of rotatable bonds is 10. The van der Waals surface area contributed by atoms with Crippen LogP contribution in [0.25, 0.3) is 6.08 Å². The van der Waals surface area contributed by atoms with Crippen LogP contribution in [0.5, 0.6) is 0 Å². The van der Waals surface area contributed by atoms with Crippen LogP contribution in [0.15, 0.2) is 54.2 Å². The van der Waals surface area contributed by atoms with Crippen LogP contribution in [0.2, 0.25) is 0 Å². The third-order valence-electron chi connectivity index (χ3n) is 5.33. The minimum atomic E-state index is -0.302. The highest BCUT2D eigenvalue weighted by Gasteiger charge is 2.15. The average Bonchev–Trinajstić information content (AvgIpc) is 2.77. The predicted octanol–water partition coefficient (Wildman–Crippen LogP) is 4.35. The summed E-state index contributed by atoms with van der Waals surface area (Å²) in [5, 5.41) is 5.74. The van der Waals surface area contributed by atoms with Crippen molar-refractivity contribution in [3.8, 4) is 0 Å². The summed E-state index contributed by atoms with van der Waals surface area (Å²) in [5.74, 6) is -0.161. The summed E-state index contributed by atoms with van der Waals surface area (Å²) in [6, 6.07) is 15.3. The Hall–Kier alpha value is -2.92. The third kappa shape index (κ3) is 7.68. The summed E-state index contributed by atoms with van der Waals surface area (Å²) in [7, 11) is 0. The summed E-state index contributed by atoms with van der Waals surface area (Å²) in [6.07, 6.45) is 1.73. The summed E-state index contributed by atoms with van der Waals surface area (Å²) < 4.78 is 0. The van der Waals surface area contributed by atoms with Gasteiger partial charge in [0.15, 0.2) is 0 Å². The van der Waals surface area contributed by atoms with E-state index in [9.17, 15) is 9.59 Å². The Balaban J connectivity index is 2.20. The summed E-state index contributed by atoms with van der Waals surface area (Å²) in [5.41, 5.74) is 3.92. The number of hydrogen-bond acceptors (Lipinski definition) is 3. The standard InChI is InChI=1S/C26H35N3O2/c1-6-29(7-2)17-16-27-26(31)24(18-21-10-14-22(15-11-21)19(3)4)28-25(30)23-12-8-20(5)9-13-23/h8-15,18-19H,6-7,16-17H2,1-5H3,(H,27,31)(H,28,30)/b24-18+. The summed E-state index contributed by atoms with van der Waals surface area (Å²) >= 11 is 0. The van der Waals surface area contributed by atoms with E-state index < -0.39 is 0 Å². The Labute approximate surface area is 186 Å². The molecule has 2 rings (SSSR count). The Morgan fingerprint density at radius 2 is 1.58 bits per heavy atom. The summed E-state index contributed by atoms with van der Waals surface area (Å²) in [6.45, 7) is 13.6. The number of nitrogens with zero attached hydrogens (tertiary/aromatic N) is 1. The molecule has 0 aliphatic carbocycles. The Morgan fingerprint density at radius 3 is 2.13 bits per heavy atom. The normalized spacial score (nSPS) is 11.6.